The number of aromatic nitrogens is 1. The number of nitrogens with zero attached hydrogens (tertiary/aromatic N) is 3. The van der Waals surface area contributed by atoms with Gasteiger partial charge in [-0.25, -0.2) is 0 Å². The Kier molecular flexibility index (Phi) is 6.70. The number of benzene rings is 1. The van der Waals surface area contributed by atoms with Crippen LogP contribution in [0, 0.1) is 5.41 Å². The van der Waals surface area contributed by atoms with Crippen LogP contribution in [0.2, 0.25) is 0 Å². The number of rotatable bonds is 7. The molecule has 0 N–H and O–H groups in total. The molecule has 4 rings (SSSR count). The number of hydrogen-bond donors (Lipinski definition) is 0. The molecule has 6 heteroatoms. The standard InChI is InChI=1S/C26H29N3O2S/c1-28(2)25(31)26(18-21-5-8-22(9-6-21)23-4-3-17-32-23)13-16-29(19-26)24(30)10-7-20-11-14-27-15-12-20/h3-6,8-9,11-12,14-15,17H,7,10,13,16,18-19H2,1-2H3/t26-/m1/s1. The third kappa shape index (κ3) is 4.91. The van der Waals surface area contributed by atoms with E-state index in [1.165, 1.54) is 10.4 Å². The molecule has 1 aromatic carbocycles. The second-order valence-corrected chi connectivity index (χ2v) is 9.70. The SMILES string of the molecule is CN(C)C(=O)[C@@]1(Cc2ccc(-c3cccs3)cc2)CCN(C(=O)CCc2ccncc2)C1. The number of likely N-dealkylation sites (tertiary alicyclic amines) is 1. The lowest BCUT2D eigenvalue weighted by Crippen LogP contribution is -2.44. The van der Waals surface area contributed by atoms with Crippen LogP contribution in [0.5, 0.6) is 0 Å². The summed E-state index contributed by atoms with van der Waals surface area (Å²) in [5, 5.41) is 2.08. The highest BCUT2D eigenvalue weighted by Gasteiger charge is 2.46. The third-order valence-electron chi connectivity index (χ3n) is 6.25. The van der Waals surface area contributed by atoms with Gasteiger partial charge in [0.15, 0.2) is 0 Å². The molecule has 166 valence electrons. The lowest BCUT2D eigenvalue weighted by molar-refractivity contribution is -0.139. The summed E-state index contributed by atoms with van der Waals surface area (Å²) in [5.41, 5.74) is 2.86. The molecule has 0 bridgehead atoms. The van der Waals surface area contributed by atoms with Gasteiger partial charge in [0.1, 0.15) is 0 Å². The van der Waals surface area contributed by atoms with E-state index in [9.17, 15) is 9.59 Å². The minimum atomic E-state index is -0.569. The van der Waals surface area contributed by atoms with E-state index in [0.717, 1.165) is 11.1 Å². The summed E-state index contributed by atoms with van der Waals surface area (Å²) in [6.45, 7) is 1.11. The fraction of sp³-hybridized carbons (Fsp3) is 0.346. The van der Waals surface area contributed by atoms with Crippen LogP contribution in [0.3, 0.4) is 0 Å². The van der Waals surface area contributed by atoms with Gasteiger partial charge in [0.05, 0.1) is 5.41 Å². The van der Waals surface area contributed by atoms with Gasteiger partial charge < -0.3 is 9.80 Å². The molecule has 1 fully saturated rings. The Morgan fingerprint density at radius 1 is 1.06 bits per heavy atom. The molecule has 1 saturated heterocycles. The normalized spacial score (nSPS) is 18.0. The van der Waals surface area contributed by atoms with E-state index in [1.807, 2.05) is 17.0 Å². The Morgan fingerprint density at radius 2 is 1.81 bits per heavy atom. The molecule has 5 nitrogen and oxygen atoms in total. The Labute approximate surface area is 193 Å². The van der Waals surface area contributed by atoms with Crippen LogP contribution in [-0.2, 0) is 22.4 Å². The van der Waals surface area contributed by atoms with Crippen LogP contribution >= 0.6 is 11.3 Å². The second kappa shape index (κ2) is 9.65. The number of amides is 2. The minimum Gasteiger partial charge on any atom is -0.348 e. The Balaban J connectivity index is 1.46. The smallest absolute Gasteiger partial charge is 0.230 e. The number of hydrogen-bond acceptors (Lipinski definition) is 4. The predicted octanol–water partition coefficient (Wildman–Crippen LogP) is 4.29. The zero-order chi connectivity index (χ0) is 22.6. The van der Waals surface area contributed by atoms with Crippen molar-refractivity contribution in [2.24, 2.45) is 5.41 Å². The van der Waals surface area contributed by atoms with Crippen molar-refractivity contribution in [1.82, 2.24) is 14.8 Å². The fourth-order valence-corrected chi connectivity index (χ4v) is 5.27. The van der Waals surface area contributed by atoms with Crippen molar-refractivity contribution in [2.45, 2.75) is 25.7 Å². The molecule has 2 aromatic heterocycles. The molecule has 2 amide bonds. The highest BCUT2D eigenvalue weighted by atomic mass is 32.1. The quantitative estimate of drug-likeness (QED) is 0.543. The average Bonchev–Trinajstić information content (AvgIpc) is 3.49. The van der Waals surface area contributed by atoms with Gasteiger partial charge in [0.25, 0.3) is 0 Å². The molecule has 1 aliphatic rings. The van der Waals surface area contributed by atoms with E-state index in [1.54, 1.807) is 42.7 Å². The second-order valence-electron chi connectivity index (χ2n) is 8.75. The highest BCUT2D eigenvalue weighted by Crippen LogP contribution is 2.37. The molecule has 3 heterocycles. The average molecular weight is 448 g/mol. The van der Waals surface area contributed by atoms with E-state index in [-0.39, 0.29) is 11.8 Å². The zero-order valence-corrected chi connectivity index (χ0v) is 19.5. The zero-order valence-electron chi connectivity index (χ0n) is 18.7. The maximum Gasteiger partial charge on any atom is 0.230 e. The number of thiophene rings is 1. The van der Waals surface area contributed by atoms with Crippen LogP contribution in [0.25, 0.3) is 10.4 Å². The molecule has 0 radical (unpaired) electrons. The first-order valence-corrected chi connectivity index (χ1v) is 11.9. The van der Waals surface area contributed by atoms with Crippen molar-refractivity contribution in [2.75, 3.05) is 27.2 Å². The van der Waals surface area contributed by atoms with Crippen molar-refractivity contribution in [3.8, 4) is 10.4 Å². The number of carbonyl (C=O) groups is 2. The van der Waals surface area contributed by atoms with Crippen molar-refractivity contribution >= 4 is 23.2 Å². The lowest BCUT2D eigenvalue weighted by Gasteiger charge is -2.31. The number of carbonyl (C=O) groups excluding carboxylic acids is 2. The Hall–Kier alpha value is -2.99. The number of pyridine rings is 1. The molecular formula is C26H29N3O2S. The van der Waals surface area contributed by atoms with Crippen molar-refractivity contribution in [3.05, 3.63) is 77.4 Å². The largest absolute Gasteiger partial charge is 0.348 e. The van der Waals surface area contributed by atoms with Gasteiger partial charge in [-0.1, -0.05) is 30.3 Å². The first kappa shape index (κ1) is 22.2. The molecule has 3 aromatic rings. The third-order valence-corrected chi connectivity index (χ3v) is 7.16. The van der Waals surface area contributed by atoms with Gasteiger partial charge in [-0.2, -0.15) is 0 Å². The minimum absolute atomic E-state index is 0.101. The maximum atomic E-state index is 13.3. The Morgan fingerprint density at radius 3 is 2.47 bits per heavy atom. The molecule has 32 heavy (non-hydrogen) atoms. The first-order valence-electron chi connectivity index (χ1n) is 11.0. The molecule has 1 atom stereocenters. The van der Waals surface area contributed by atoms with Gasteiger partial charge >= 0.3 is 0 Å². The summed E-state index contributed by atoms with van der Waals surface area (Å²) in [6.07, 6.45) is 5.98. The fourth-order valence-electron chi connectivity index (χ4n) is 4.53. The molecular weight excluding hydrogens is 418 g/mol. The van der Waals surface area contributed by atoms with Crippen molar-refractivity contribution < 1.29 is 9.59 Å². The Bertz CT molecular complexity index is 1050. The van der Waals surface area contributed by atoms with Gasteiger partial charge in [0, 0.05) is 50.9 Å². The topological polar surface area (TPSA) is 53.5 Å². The van der Waals surface area contributed by atoms with Crippen LogP contribution in [-0.4, -0.2) is 53.8 Å². The van der Waals surface area contributed by atoms with E-state index in [4.69, 9.17) is 0 Å². The molecule has 0 unspecified atom stereocenters. The van der Waals surface area contributed by atoms with Gasteiger partial charge in [-0.05, 0) is 59.5 Å². The van der Waals surface area contributed by atoms with E-state index < -0.39 is 5.41 Å². The van der Waals surface area contributed by atoms with E-state index >= 15 is 0 Å². The summed E-state index contributed by atoms with van der Waals surface area (Å²) in [5.74, 6) is 0.215. The van der Waals surface area contributed by atoms with Gasteiger partial charge in [-0.15, -0.1) is 11.3 Å². The maximum absolute atomic E-state index is 13.3. The van der Waals surface area contributed by atoms with Crippen molar-refractivity contribution in [3.63, 3.8) is 0 Å². The van der Waals surface area contributed by atoms with Crippen molar-refractivity contribution in [1.29, 1.82) is 0 Å². The van der Waals surface area contributed by atoms with Crippen LogP contribution in [0.1, 0.15) is 24.0 Å². The van der Waals surface area contributed by atoms with Gasteiger partial charge in [-0.3, -0.25) is 14.6 Å². The van der Waals surface area contributed by atoms with E-state index in [2.05, 4.69) is 46.8 Å². The van der Waals surface area contributed by atoms with Gasteiger partial charge in [0.2, 0.25) is 11.8 Å². The summed E-state index contributed by atoms with van der Waals surface area (Å²) < 4.78 is 0. The summed E-state index contributed by atoms with van der Waals surface area (Å²) >= 11 is 1.72. The molecule has 0 spiro atoms. The van der Waals surface area contributed by atoms with Crippen LogP contribution in [0.4, 0.5) is 0 Å². The molecule has 0 saturated carbocycles. The summed E-state index contributed by atoms with van der Waals surface area (Å²) in [6, 6.07) is 16.5. The van der Waals surface area contributed by atoms with Crippen LogP contribution < -0.4 is 0 Å². The summed E-state index contributed by atoms with van der Waals surface area (Å²) in [4.78, 5) is 35.0. The molecule has 0 aliphatic carbocycles. The van der Waals surface area contributed by atoms with E-state index in [0.29, 0.717) is 38.8 Å². The first-order chi connectivity index (χ1) is 15.5. The summed E-state index contributed by atoms with van der Waals surface area (Å²) in [7, 11) is 3.61. The monoisotopic (exact) mass is 447 g/mol. The lowest BCUT2D eigenvalue weighted by atomic mass is 9.79. The predicted molar refractivity (Wildman–Crippen MR) is 128 cm³/mol. The number of aryl methyl sites for hydroxylation is 1. The molecule has 1 aliphatic heterocycles. The highest BCUT2D eigenvalue weighted by molar-refractivity contribution is 7.13. The van der Waals surface area contributed by atoms with Crippen LogP contribution in [0.15, 0.2) is 66.3 Å².